The number of rotatable bonds is 4. The second-order valence-electron chi connectivity index (χ2n) is 4.64. The molecule has 1 atom stereocenters. The van der Waals surface area contributed by atoms with Crippen LogP contribution in [0.5, 0.6) is 0 Å². The molecule has 2 aromatic carbocycles. The van der Waals surface area contributed by atoms with Gasteiger partial charge in [0.15, 0.2) is 0 Å². The van der Waals surface area contributed by atoms with Crippen LogP contribution in [0.1, 0.15) is 11.1 Å². The van der Waals surface area contributed by atoms with Gasteiger partial charge in [0, 0.05) is 0 Å². The second kappa shape index (κ2) is 7.05. The number of carboxylic acids is 1. The van der Waals surface area contributed by atoms with Gasteiger partial charge in [-0.1, -0.05) is 0 Å². The quantitative estimate of drug-likeness (QED) is 0.851. The van der Waals surface area contributed by atoms with Crippen molar-refractivity contribution in [3.05, 3.63) is 59.7 Å². The van der Waals surface area contributed by atoms with E-state index >= 15 is 0 Å². The van der Waals surface area contributed by atoms with Gasteiger partial charge in [0.25, 0.3) is 0 Å². The minimum absolute atomic E-state index is 0.209. The fourth-order valence-corrected chi connectivity index (χ4v) is 2.30. The summed E-state index contributed by atoms with van der Waals surface area (Å²) in [6.07, 6.45) is 0.209. The fourth-order valence-electron chi connectivity index (χ4n) is 2.07. The summed E-state index contributed by atoms with van der Waals surface area (Å²) in [5.74, 6) is -1.04. The molecule has 0 heterocycles. The third-order valence-electron chi connectivity index (χ3n) is 3.05. The number of carboxylic acid groups (broad SMARTS) is 1. The van der Waals surface area contributed by atoms with Crippen molar-refractivity contribution in [2.45, 2.75) is 12.5 Å². The molecule has 0 spiro atoms. The van der Waals surface area contributed by atoms with Crippen molar-refractivity contribution in [3.8, 4) is 16.8 Å². The molecule has 5 heteroatoms. The Morgan fingerprint density at radius 1 is 1.19 bits per heavy atom. The van der Waals surface area contributed by atoms with Crippen molar-refractivity contribution in [2.75, 3.05) is 0 Å². The minimum atomic E-state index is -1.04. The van der Waals surface area contributed by atoms with Gasteiger partial charge in [0.05, 0.1) is 0 Å². The molecule has 0 aliphatic carbocycles. The molecule has 3 N–H and O–H groups in total. The van der Waals surface area contributed by atoms with Crippen LogP contribution in [-0.4, -0.2) is 17.1 Å². The zero-order valence-electron chi connectivity index (χ0n) is 11.2. The summed E-state index contributed by atoms with van der Waals surface area (Å²) in [7, 11) is -0.213. The van der Waals surface area contributed by atoms with Gasteiger partial charge in [-0.25, -0.2) is 0 Å². The monoisotopic (exact) mass is 299 g/mol. The third-order valence-corrected chi connectivity index (χ3v) is 3.40. The summed E-state index contributed by atoms with van der Waals surface area (Å²) in [5, 5.41) is 8.91. The summed E-state index contributed by atoms with van der Waals surface area (Å²) >= 11 is 0. The van der Waals surface area contributed by atoms with E-state index in [4.69, 9.17) is 10.8 Å². The molecular weight excluding hydrogens is 285 g/mol. The Morgan fingerprint density at radius 3 is 2.52 bits per heavy atom. The molecule has 0 aliphatic heterocycles. The predicted molar refractivity (Wildman–Crippen MR) is 81.8 cm³/mol. The van der Waals surface area contributed by atoms with Crippen LogP contribution in [0.2, 0.25) is 0 Å². The normalized spacial score (nSPS) is 11.5. The van der Waals surface area contributed by atoms with E-state index in [0.29, 0.717) is 5.56 Å². The number of hydrogen-bond donors (Lipinski definition) is 2. The first-order valence-corrected chi connectivity index (χ1v) is 7.17. The van der Waals surface area contributed by atoms with Gasteiger partial charge < -0.3 is 0 Å². The van der Waals surface area contributed by atoms with Crippen molar-refractivity contribution >= 4 is 13.9 Å². The average molecular weight is 299 g/mol. The van der Waals surface area contributed by atoms with Gasteiger partial charge in [0.1, 0.15) is 0 Å². The van der Waals surface area contributed by atoms with Crippen LogP contribution in [0, 0.1) is 5.63 Å². The topological polar surface area (TPSA) is 80.4 Å². The first-order chi connectivity index (χ1) is 10.1. The average Bonchev–Trinajstić information content (AvgIpc) is 2.48. The Bertz CT molecular complexity index is 753. The zero-order chi connectivity index (χ0) is 15.2. The number of nitrogens with two attached hydrogens (primary N) is 1. The molecule has 0 amide bonds. The van der Waals surface area contributed by atoms with Gasteiger partial charge in [-0.3, -0.25) is 0 Å². The molecule has 1 unspecified atom stereocenters. The Balaban J connectivity index is 2.46. The summed E-state index contributed by atoms with van der Waals surface area (Å²) in [4.78, 5) is 10.9. The Kier molecular flexibility index (Phi) is 5.13. The molecule has 4 nitrogen and oxygen atoms in total. The summed E-state index contributed by atoms with van der Waals surface area (Å²) in [6.45, 7) is 0. The van der Waals surface area contributed by atoms with E-state index in [1.807, 2.05) is 42.5 Å². The van der Waals surface area contributed by atoms with Crippen LogP contribution < -0.4 is 5.73 Å². The predicted octanol–water partition coefficient (Wildman–Crippen LogP) is 2.91. The Morgan fingerprint density at radius 2 is 1.90 bits per heavy atom. The van der Waals surface area contributed by atoms with E-state index in [9.17, 15) is 9.36 Å². The maximum absolute atomic E-state index is 10.9. The molecule has 0 saturated heterocycles. The van der Waals surface area contributed by atoms with E-state index in [1.165, 1.54) is 0 Å². The van der Waals surface area contributed by atoms with Gasteiger partial charge in [-0.05, 0) is 0 Å². The first-order valence-electron chi connectivity index (χ1n) is 6.36. The molecule has 106 valence electrons. The summed E-state index contributed by atoms with van der Waals surface area (Å²) in [5.41, 5.74) is 11.6. The van der Waals surface area contributed by atoms with E-state index in [1.54, 1.807) is 6.07 Å². The van der Waals surface area contributed by atoms with Crippen LogP contribution in [0.15, 0.2) is 48.5 Å². The van der Waals surface area contributed by atoms with Crippen LogP contribution >= 0.6 is 7.92 Å². The molecule has 0 aliphatic rings. The van der Waals surface area contributed by atoms with Gasteiger partial charge in [0.2, 0.25) is 0 Å². The Hall–Kier alpha value is -2.12. The van der Waals surface area contributed by atoms with Crippen molar-refractivity contribution in [3.63, 3.8) is 0 Å². The van der Waals surface area contributed by atoms with Crippen LogP contribution in [0.4, 0.5) is 0 Å². The molecule has 0 saturated carbocycles. The van der Waals surface area contributed by atoms with Crippen LogP contribution in [-0.2, 0) is 15.8 Å². The molecule has 2 rings (SSSR count). The van der Waals surface area contributed by atoms with Gasteiger partial charge >= 0.3 is 123 Å². The van der Waals surface area contributed by atoms with Gasteiger partial charge in [-0.15, -0.1) is 0 Å². The summed E-state index contributed by atoms with van der Waals surface area (Å²) < 4.78 is 10.7. The van der Waals surface area contributed by atoms with Crippen molar-refractivity contribution in [2.24, 2.45) is 5.73 Å². The fraction of sp³-hybridized carbons (Fsp3) is 0.125. The van der Waals surface area contributed by atoms with E-state index < -0.39 is 12.0 Å². The summed E-state index contributed by atoms with van der Waals surface area (Å²) in [6, 6.07) is 14.2. The molecule has 0 radical (unpaired) electrons. The zero-order valence-corrected chi connectivity index (χ0v) is 12.1. The van der Waals surface area contributed by atoms with Crippen LogP contribution in [0.25, 0.3) is 11.1 Å². The number of benzene rings is 2. The molecular formula is C16H14NO3P. The molecule has 0 aromatic heterocycles. The molecule has 2 aromatic rings. The maximum atomic E-state index is 10.9. The Labute approximate surface area is 123 Å². The van der Waals surface area contributed by atoms with Crippen molar-refractivity contribution in [1.29, 1.82) is 0 Å². The van der Waals surface area contributed by atoms with Crippen molar-refractivity contribution in [1.82, 2.24) is 0 Å². The standard InChI is InChI=1S/C16H14NO3P/c17-15(16(18)19)9-11-6-12(10-21-20)8-14(7-11)13-4-2-1-3-5-13/h1-8,15H,9,17H2,(H,18,19). The second-order valence-corrected chi connectivity index (χ2v) is 5.04. The van der Waals surface area contributed by atoms with E-state index in [-0.39, 0.29) is 14.3 Å². The van der Waals surface area contributed by atoms with Gasteiger partial charge in [-0.2, -0.15) is 0 Å². The van der Waals surface area contributed by atoms with Crippen molar-refractivity contribution < 1.29 is 14.5 Å². The van der Waals surface area contributed by atoms with Crippen LogP contribution in [0.3, 0.4) is 0 Å². The van der Waals surface area contributed by atoms with E-state index in [0.717, 1.165) is 16.7 Å². The molecule has 21 heavy (non-hydrogen) atoms. The third kappa shape index (κ3) is 4.17. The first kappa shape index (κ1) is 15.3. The van der Waals surface area contributed by atoms with E-state index in [2.05, 4.69) is 5.63 Å². The molecule has 0 fully saturated rings. The number of aliphatic carboxylic acids is 1. The number of hydrogen-bond acceptors (Lipinski definition) is 3. The number of carbonyl (C=O) groups is 1. The molecule has 0 bridgehead atoms. The SMILES string of the molecule is NC(Cc1cc(C#P=O)cc(-c2ccccc2)c1)C(=O)O.